The first kappa shape index (κ1) is 35.4. The smallest absolute Gasteiger partial charge is 0.390 e. The summed E-state index contributed by atoms with van der Waals surface area (Å²) in [5.74, 6) is 0. The predicted octanol–water partition coefficient (Wildman–Crippen LogP) is 4.93. The molecule has 0 aliphatic carbocycles. The molecule has 0 amide bonds. The molecule has 0 N–H and O–H groups in total. The summed E-state index contributed by atoms with van der Waals surface area (Å²) in [6, 6.07) is 19.7. The summed E-state index contributed by atoms with van der Waals surface area (Å²) < 4.78 is 68.8. The fourth-order valence-corrected chi connectivity index (χ4v) is 37.0. The van der Waals surface area contributed by atoms with Gasteiger partial charge in [0.25, 0.3) is 0 Å². The van der Waals surface area contributed by atoms with Gasteiger partial charge in [-0.2, -0.15) is 0 Å². The molecule has 0 bridgehead atoms. The third-order valence-electron chi connectivity index (χ3n) is 6.04. The van der Waals surface area contributed by atoms with Gasteiger partial charge in [-0.05, 0) is 80.1 Å². The minimum Gasteiger partial charge on any atom is -0.390 e. The molecular weight excluding hydrogens is 669 g/mol. The Labute approximate surface area is 265 Å². The maximum absolute atomic E-state index is 6.97. The molecule has 0 unspecified atom stereocenters. The van der Waals surface area contributed by atoms with Gasteiger partial charge in [0.1, 0.15) is 0 Å². The van der Waals surface area contributed by atoms with E-state index in [1.165, 1.54) is 0 Å². The zero-order valence-corrected chi connectivity index (χ0v) is 34.5. The highest BCUT2D eigenvalue weighted by Gasteiger charge is 2.69. The summed E-state index contributed by atoms with van der Waals surface area (Å²) in [6.45, 7) is 23.5. The van der Waals surface area contributed by atoms with Crippen LogP contribution in [0.15, 0.2) is 60.7 Å². The molecule has 0 atom stereocenters. The molecule has 0 saturated carbocycles. The molecule has 43 heavy (non-hydrogen) atoms. The Morgan fingerprint density at radius 1 is 0.419 bits per heavy atom. The maximum Gasteiger partial charge on any atom is 0.643 e. The van der Waals surface area contributed by atoms with E-state index in [0.29, 0.717) is 0 Å². The number of rotatable bonds is 6. The van der Waals surface area contributed by atoms with Crippen molar-refractivity contribution in [1.82, 2.24) is 0 Å². The van der Waals surface area contributed by atoms with Crippen LogP contribution < -0.4 is 10.4 Å². The Bertz CT molecular complexity index is 1090. The molecular formula is C26H48O10Si7. The van der Waals surface area contributed by atoms with Crippen molar-refractivity contribution >= 4 is 71.3 Å². The molecule has 2 heterocycles. The highest BCUT2D eigenvalue weighted by Crippen LogP contribution is 2.39. The van der Waals surface area contributed by atoms with Crippen molar-refractivity contribution < 1.29 is 41.8 Å². The fraction of sp³-hybridized carbons (Fsp3) is 0.538. The van der Waals surface area contributed by atoms with Crippen molar-refractivity contribution in [2.45, 2.75) is 92.3 Å². The Hall–Kier alpha value is -0.442. The normalized spacial score (nSPS) is 32.1. The highest BCUT2D eigenvalue weighted by atomic mass is 28.6. The van der Waals surface area contributed by atoms with Crippen LogP contribution in [0.5, 0.6) is 0 Å². The van der Waals surface area contributed by atoms with Crippen molar-refractivity contribution in [3.63, 3.8) is 0 Å². The van der Waals surface area contributed by atoms with E-state index < -0.39 is 60.9 Å². The van der Waals surface area contributed by atoms with Gasteiger partial charge in [-0.15, -0.1) is 0 Å². The van der Waals surface area contributed by atoms with Crippen LogP contribution in [0, 0.1) is 0 Å². The third kappa shape index (κ3) is 8.88. The minimum absolute atomic E-state index is 0.155. The van der Waals surface area contributed by atoms with Gasteiger partial charge in [-0.1, -0.05) is 60.7 Å². The Morgan fingerprint density at radius 2 is 0.674 bits per heavy atom. The average Bonchev–Trinajstić information content (AvgIpc) is 2.79. The lowest BCUT2D eigenvalue weighted by Gasteiger charge is -2.52. The van der Waals surface area contributed by atoms with Crippen molar-refractivity contribution in [2.75, 3.05) is 0 Å². The van der Waals surface area contributed by atoms with Crippen LogP contribution in [0.25, 0.3) is 0 Å². The van der Waals surface area contributed by atoms with Gasteiger partial charge in [0.05, 0.1) is 0 Å². The molecule has 0 aromatic heterocycles. The molecule has 17 heteroatoms. The van der Waals surface area contributed by atoms with Gasteiger partial charge >= 0.3 is 60.9 Å². The molecule has 1 spiro atoms. The zero-order valence-electron chi connectivity index (χ0n) is 27.5. The fourth-order valence-electron chi connectivity index (χ4n) is 5.12. The summed E-state index contributed by atoms with van der Waals surface area (Å²) in [7, 11) is -23.6. The summed E-state index contributed by atoms with van der Waals surface area (Å²) in [4.78, 5) is 0. The van der Waals surface area contributed by atoms with Gasteiger partial charge in [-0.3, -0.25) is 0 Å². The largest absolute Gasteiger partial charge is 0.643 e. The van der Waals surface area contributed by atoms with Crippen molar-refractivity contribution in [3.8, 4) is 0 Å². The van der Waals surface area contributed by atoms with Crippen LogP contribution in [-0.4, -0.2) is 73.1 Å². The monoisotopic (exact) mass is 716 g/mol. The van der Waals surface area contributed by atoms with Crippen LogP contribution in [0.1, 0.15) is 27.7 Å². The Morgan fingerprint density at radius 3 is 0.907 bits per heavy atom. The van der Waals surface area contributed by atoms with Gasteiger partial charge in [0, 0.05) is 22.6 Å². The summed E-state index contributed by atoms with van der Waals surface area (Å²) in [5.41, 5.74) is 0. The lowest BCUT2D eigenvalue weighted by molar-refractivity contribution is 0.0423. The van der Waals surface area contributed by atoms with Crippen molar-refractivity contribution in [1.29, 1.82) is 0 Å². The molecule has 2 aromatic carbocycles. The number of benzene rings is 2. The van der Waals surface area contributed by atoms with Crippen LogP contribution in [0.3, 0.4) is 0 Å². The average molecular weight is 717 g/mol. The minimum atomic E-state index is -4.00. The SMILES string of the molecule is CC(C)O[Si]1(c2ccccc2)O[Si](C)(C)O[Si]2(O[Si](C)(C)O1)O[Si](C)(C)O[Si](OC(C)C)(c1ccccc1)O[Si](C)(C)O2. The van der Waals surface area contributed by atoms with Crippen molar-refractivity contribution in [3.05, 3.63) is 60.7 Å². The third-order valence-corrected chi connectivity index (χ3v) is 33.7. The molecule has 2 fully saturated rings. The van der Waals surface area contributed by atoms with E-state index in [-0.39, 0.29) is 12.2 Å². The quantitative estimate of drug-likeness (QED) is 0.384. The second kappa shape index (κ2) is 12.6. The Balaban J connectivity index is 1.80. The van der Waals surface area contributed by atoms with E-state index in [9.17, 15) is 0 Å². The second-order valence-electron chi connectivity index (χ2n) is 13.1. The standard InChI is InChI=1S/C26H48O10Si7/c1-23(2)27-41(25-19-15-13-16-20-25)29-37(5,6)33-43(34-38(7,8)30-41)35-39(9,10)31-42(28-24(3)4,32-40(11,12)36-43)26-21-17-14-18-22-26/h13-24H,1-12H3. The van der Waals surface area contributed by atoms with E-state index in [1.807, 2.05) is 141 Å². The van der Waals surface area contributed by atoms with Crippen LogP contribution >= 0.6 is 0 Å². The molecule has 2 aliphatic rings. The van der Waals surface area contributed by atoms with Gasteiger partial charge in [-0.25, -0.2) is 0 Å². The molecule has 240 valence electrons. The van der Waals surface area contributed by atoms with Gasteiger partial charge in [0.2, 0.25) is 0 Å². The van der Waals surface area contributed by atoms with Crippen LogP contribution in [0.4, 0.5) is 0 Å². The Kier molecular flexibility index (Phi) is 10.4. The molecule has 4 rings (SSSR count). The summed E-state index contributed by atoms with van der Waals surface area (Å²) in [6.07, 6.45) is -0.310. The molecule has 2 aliphatic heterocycles. The lowest BCUT2D eigenvalue weighted by Crippen LogP contribution is -2.78. The maximum atomic E-state index is 6.97. The van der Waals surface area contributed by atoms with E-state index in [2.05, 4.69) is 0 Å². The topological polar surface area (TPSA) is 92.3 Å². The zero-order chi connectivity index (χ0) is 32.0. The number of hydrogen-bond acceptors (Lipinski definition) is 10. The summed E-state index contributed by atoms with van der Waals surface area (Å²) >= 11 is 0. The first-order valence-corrected chi connectivity index (χ1v) is 31.1. The van der Waals surface area contributed by atoms with Gasteiger partial charge in [0.15, 0.2) is 0 Å². The molecule has 0 radical (unpaired) electrons. The van der Waals surface area contributed by atoms with E-state index in [1.54, 1.807) is 0 Å². The van der Waals surface area contributed by atoms with Gasteiger partial charge < -0.3 is 41.8 Å². The lowest BCUT2D eigenvalue weighted by atomic mass is 10.4. The van der Waals surface area contributed by atoms with E-state index in [0.717, 1.165) is 10.4 Å². The second-order valence-corrected chi connectivity index (χ2v) is 35.7. The van der Waals surface area contributed by atoms with Crippen LogP contribution in [-0.2, 0) is 41.8 Å². The van der Waals surface area contributed by atoms with Crippen LogP contribution in [0.2, 0.25) is 52.4 Å². The first-order valence-electron chi connectivity index (χ1n) is 14.8. The predicted molar refractivity (Wildman–Crippen MR) is 180 cm³/mol. The highest BCUT2D eigenvalue weighted by molar-refractivity contribution is 6.99. The molecule has 2 saturated heterocycles. The van der Waals surface area contributed by atoms with E-state index >= 15 is 0 Å². The van der Waals surface area contributed by atoms with E-state index in [4.69, 9.17) is 41.8 Å². The number of hydrogen-bond donors (Lipinski definition) is 0. The molecule has 2 aromatic rings. The first-order chi connectivity index (χ1) is 19.7. The molecule has 10 nitrogen and oxygen atoms in total. The summed E-state index contributed by atoms with van der Waals surface area (Å²) in [5, 5.41) is 1.71. The van der Waals surface area contributed by atoms with Crippen molar-refractivity contribution in [2.24, 2.45) is 0 Å².